The number of hydrogen-bond donors (Lipinski definition) is 1. The number of unbranched alkanes of at least 4 members (excludes halogenated alkanes) is 11. The number of nitrogens with zero attached hydrogens (tertiary/aromatic N) is 1. The Kier molecular flexibility index (Phi) is 16.2. The van der Waals surface area contributed by atoms with Gasteiger partial charge in [0.1, 0.15) is 5.75 Å². The number of esters is 1. The number of piperidine rings is 1. The summed E-state index contributed by atoms with van der Waals surface area (Å²) in [6, 6.07) is 16.8. The van der Waals surface area contributed by atoms with Gasteiger partial charge >= 0.3 is 5.97 Å². The molecule has 0 bridgehead atoms. The van der Waals surface area contributed by atoms with Gasteiger partial charge in [-0.05, 0) is 74.8 Å². The van der Waals surface area contributed by atoms with Crippen molar-refractivity contribution in [3.63, 3.8) is 0 Å². The van der Waals surface area contributed by atoms with Crippen LogP contribution < -0.4 is 10.5 Å². The molecule has 0 amide bonds. The normalized spacial score (nSPS) is 18.9. The molecule has 0 radical (unpaired) electrons. The molecule has 5 nitrogen and oxygen atoms in total. The van der Waals surface area contributed by atoms with E-state index in [2.05, 4.69) is 55.1 Å². The quantitative estimate of drug-likeness (QED) is 0.116. The summed E-state index contributed by atoms with van der Waals surface area (Å²) >= 11 is 0. The summed E-state index contributed by atoms with van der Waals surface area (Å²) in [4.78, 5) is 15.4. The highest BCUT2D eigenvalue weighted by Gasteiger charge is 2.45. The van der Waals surface area contributed by atoms with E-state index in [1.165, 1.54) is 94.4 Å². The Morgan fingerprint density at radius 3 is 2.09 bits per heavy atom. The van der Waals surface area contributed by atoms with Crippen molar-refractivity contribution in [2.45, 2.75) is 129 Å². The van der Waals surface area contributed by atoms with Crippen molar-refractivity contribution >= 4 is 5.97 Å². The fourth-order valence-electron chi connectivity index (χ4n) is 6.69. The zero-order chi connectivity index (χ0) is 30.8. The minimum absolute atomic E-state index is 0.134. The number of methoxy groups -OCH3 is 1. The maximum absolute atomic E-state index is 13.0. The molecule has 0 saturated carbocycles. The molecule has 3 rings (SSSR count). The third kappa shape index (κ3) is 11.9. The van der Waals surface area contributed by atoms with Gasteiger partial charge in [0.2, 0.25) is 0 Å². The first-order valence-corrected chi connectivity index (χ1v) is 17.3. The lowest BCUT2D eigenvalue weighted by Gasteiger charge is -2.44. The highest BCUT2D eigenvalue weighted by molar-refractivity contribution is 5.77. The Hall–Kier alpha value is -2.37. The molecule has 0 spiro atoms. The molecule has 5 heteroatoms. The summed E-state index contributed by atoms with van der Waals surface area (Å²) in [7, 11) is 1.50. The molecular weight excluding hydrogens is 532 g/mol. The number of para-hydroxylation sites is 1. The van der Waals surface area contributed by atoms with E-state index in [4.69, 9.17) is 15.2 Å². The van der Waals surface area contributed by atoms with E-state index < -0.39 is 5.41 Å². The van der Waals surface area contributed by atoms with Gasteiger partial charge in [-0.2, -0.15) is 0 Å². The van der Waals surface area contributed by atoms with E-state index in [0.29, 0.717) is 12.8 Å². The molecule has 1 fully saturated rings. The van der Waals surface area contributed by atoms with Gasteiger partial charge in [-0.3, -0.25) is 9.69 Å². The van der Waals surface area contributed by atoms with Crippen LogP contribution >= 0.6 is 0 Å². The van der Waals surface area contributed by atoms with Crippen LogP contribution in [-0.2, 0) is 22.4 Å². The molecule has 0 aliphatic carbocycles. The minimum atomic E-state index is -0.564. The Balaban J connectivity index is 1.35. The third-order valence-electron chi connectivity index (χ3n) is 9.47. The van der Waals surface area contributed by atoms with Crippen molar-refractivity contribution in [1.82, 2.24) is 4.90 Å². The summed E-state index contributed by atoms with van der Waals surface area (Å²) in [5, 5.41) is 0. The summed E-state index contributed by atoms with van der Waals surface area (Å²) in [5.74, 6) is 0.890. The van der Waals surface area contributed by atoms with Crippen LogP contribution in [0.25, 0.3) is 0 Å². The van der Waals surface area contributed by atoms with Crippen molar-refractivity contribution in [3.05, 3.63) is 65.2 Å². The van der Waals surface area contributed by atoms with Crippen LogP contribution in [0.15, 0.2) is 48.5 Å². The maximum Gasteiger partial charge on any atom is 0.312 e. The molecule has 2 aromatic rings. The number of likely N-dealkylation sites (tertiary alicyclic amines) is 1. The van der Waals surface area contributed by atoms with Crippen molar-refractivity contribution in [1.29, 1.82) is 0 Å². The van der Waals surface area contributed by atoms with Crippen LogP contribution in [0.3, 0.4) is 0 Å². The van der Waals surface area contributed by atoms with E-state index in [-0.39, 0.29) is 12.1 Å². The first-order chi connectivity index (χ1) is 21.0. The molecule has 2 atom stereocenters. The maximum atomic E-state index is 13.0. The van der Waals surface area contributed by atoms with E-state index in [1.54, 1.807) is 0 Å². The fraction of sp³-hybridized carbons (Fsp3) is 0.658. The molecule has 0 unspecified atom stereocenters. The first kappa shape index (κ1) is 35.1. The van der Waals surface area contributed by atoms with E-state index >= 15 is 0 Å². The number of rotatable bonds is 21. The van der Waals surface area contributed by atoms with Gasteiger partial charge in [-0.25, -0.2) is 0 Å². The van der Waals surface area contributed by atoms with Crippen LogP contribution in [0.5, 0.6) is 5.75 Å². The number of benzene rings is 2. The topological polar surface area (TPSA) is 64.8 Å². The number of aryl methyl sites for hydroxylation is 2. The Labute approximate surface area is 262 Å². The highest BCUT2D eigenvalue weighted by Crippen LogP contribution is 2.39. The van der Waals surface area contributed by atoms with Gasteiger partial charge in [0.15, 0.2) is 0 Å². The van der Waals surface area contributed by atoms with Gasteiger partial charge in [0, 0.05) is 6.54 Å². The molecular formula is C38H60N2O3. The smallest absolute Gasteiger partial charge is 0.312 e. The number of ether oxygens (including phenoxy) is 2. The average Bonchev–Trinajstić information content (AvgIpc) is 3.02. The highest BCUT2D eigenvalue weighted by atomic mass is 16.5. The predicted molar refractivity (Wildman–Crippen MR) is 179 cm³/mol. The molecule has 1 aliphatic heterocycles. The van der Waals surface area contributed by atoms with Gasteiger partial charge in [0.05, 0.1) is 25.3 Å². The van der Waals surface area contributed by atoms with E-state index in [9.17, 15) is 4.79 Å². The molecule has 1 heterocycles. The molecule has 2 aromatic carbocycles. The van der Waals surface area contributed by atoms with Crippen LogP contribution in [0.1, 0.15) is 120 Å². The lowest BCUT2D eigenvalue weighted by Crippen LogP contribution is -2.55. The van der Waals surface area contributed by atoms with E-state index in [0.717, 1.165) is 51.1 Å². The Morgan fingerprint density at radius 1 is 0.860 bits per heavy atom. The molecule has 2 N–H and O–H groups in total. The number of carbonyl (C=O) groups is 1. The number of nitrogens with two attached hydrogens (primary N) is 1. The molecule has 240 valence electrons. The zero-order valence-electron chi connectivity index (χ0n) is 27.6. The molecule has 1 aliphatic rings. The third-order valence-corrected chi connectivity index (χ3v) is 9.47. The van der Waals surface area contributed by atoms with Gasteiger partial charge < -0.3 is 15.2 Å². The summed E-state index contributed by atoms with van der Waals surface area (Å²) in [5.41, 5.74) is 9.82. The fourth-order valence-corrected chi connectivity index (χ4v) is 6.69. The first-order valence-electron chi connectivity index (χ1n) is 17.3. The summed E-state index contributed by atoms with van der Waals surface area (Å²) < 4.78 is 11.5. The Morgan fingerprint density at radius 2 is 1.47 bits per heavy atom. The van der Waals surface area contributed by atoms with Gasteiger partial charge in [-0.1, -0.05) is 120 Å². The molecule has 43 heavy (non-hydrogen) atoms. The monoisotopic (exact) mass is 592 g/mol. The van der Waals surface area contributed by atoms with Crippen molar-refractivity contribution in [2.24, 2.45) is 11.1 Å². The SMILES string of the molecule is CCCCCCCCCCCCCCOc1ccccc1CCCN1CC[C@](Cc2ccccc2C)(C(=O)OC)C[C@@H]1N. The number of hydrogen-bond acceptors (Lipinski definition) is 5. The van der Waals surface area contributed by atoms with Gasteiger partial charge in [0.25, 0.3) is 0 Å². The van der Waals surface area contributed by atoms with Crippen LogP contribution in [0.4, 0.5) is 0 Å². The predicted octanol–water partition coefficient (Wildman–Crippen LogP) is 8.79. The summed E-state index contributed by atoms with van der Waals surface area (Å²) in [6.45, 7) is 6.90. The lowest BCUT2D eigenvalue weighted by atomic mass is 9.72. The largest absolute Gasteiger partial charge is 0.493 e. The van der Waals surface area contributed by atoms with Crippen LogP contribution in [0.2, 0.25) is 0 Å². The average molecular weight is 593 g/mol. The van der Waals surface area contributed by atoms with Gasteiger partial charge in [-0.15, -0.1) is 0 Å². The zero-order valence-corrected chi connectivity index (χ0v) is 27.6. The van der Waals surface area contributed by atoms with Crippen molar-refractivity contribution < 1.29 is 14.3 Å². The molecule has 0 aromatic heterocycles. The van der Waals surface area contributed by atoms with Crippen molar-refractivity contribution in [2.75, 3.05) is 26.8 Å². The molecule has 1 saturated heterocycles. The minimum Gasteiger partial charge on any atom is -0.493 e. The van der Waals surface area contributed by atoms with Crippen LogP contribution in [-0.4, -0.2) is 43.8 Å². The lowest BCUT2D eigenvalue weighted by molar-refractivity contribution is -0.157. The van der Waals surface area contributed by atoms with E-state index in [1.807, 2.05) is 12.1 Å². The standard InChI is InChI=1S/C38H60N2O3/c1-4-5-6-7-8-9-10-11-12-13-14-19-29-43-35-25-18-17-22-33(35)24-20-27-40-28-26-38(31-36(40)39,37(41)42-3)30-34-23-16-15-21-32(34)2/h15-18,21-23,25,36H,4-14,19-20,24,26-31,39H2,1-3H3/t36-,38-/m1/s1. The number of carbonyl (C=O) groups excluding carboxylic acids is 1. The second kappa shape index (κ2) is 19.8. The summed E-state index contributed by atoms with van der Waals surface area (Å²) in [6.07, 6.45) is 20.1. The second-order valence-electron chi connectivity index (χ2n) is 12.9. The second-order valence-corrected chi connectivity index (χ2v) is 12.9. The van der Waals surface area contributed by atoms with Crippen LogP contribution in [0, 0.1) is 12.3 Å². The Bertz CT molecular complexity index is 1060. The van der Waals surface area contributed by atoms with Crippen molar-refractivity contribution in [3.8, 4) is 5.75 Å².